The highest BCUT2D eigenvalue weighted by Crippen LogP contribution is 2.57. The summed E-state index contributed by atoms with van der Waals surface area (Å²) in [5.74, 6) is -2.16. The Kier molecular flexibility index (Phi) is 11.3. The Labute approximate surface area is 219 Å². The molecular weight excluding hydrogens is 531 g/mol. The van der Waals surface area contributed by atoms with E-state index in [1.165, 1.54) is 20.0 Å². The number of aliphatic hydroxyl groups excluding tert-OH is 1. The van der Waals surface area contributed by atoms with Crippen LogP contribution in [0.4, 0.5) is 0 Å². The molecule has 15 heteroatoms. The van der Waals surface area contributed by atoms with Gasteiger partial charge in [-0.2, -0.15) is 0 Å². The molecule has 0 aliphatic carbocycles. The summed E-state index contributed by atoms with van der Waals surface area (Å²) in [5, 5.41) is 24.2. The zero-order valence-electron chi connectivity index (χ0n) is 21.4. The Balaban J connectivity index is 2.13. The van der Waals surface area contributed by atoms with Crippen molar-refractivity contribution in [1.82, 2.24) is 9.99 Å². The highest BCUT2D eigenvalue weighted by Gasteiger charge is 2.56. The van der Waals surface area contributed by atoms with Crippen molar-refractivity contribution >= 4 is 41.7 Å². The lowest BCUT2D eigenvalue weighted by Gasteiger charge is -2.34. The number of carbonyl (C=O) groups excluding carboxylic acids is 4. The molecule has 3 N–H and O–H groups in total. The normalized spacial score (nSPS) is 28.3. The number of ketones is 1. The van der Waals surface area contributed by atoms with Crippen molar-refractivity contribution in [2.45, 2.75) is 83.6 Å². The highest BCUT2D eigenvalue weighted by atomic mass is 32.7. The first kappa shape index (κ1) is 31.4. The Morgan fingerprint density at radius 2 is 2.03 bits per heavy atom. The molecule has 2 aliphatic heterocycles. The number of hydrogen-bond acceptors (Lipinski definition) is 12. The van der Waals surface area contributed by atoms with Gasteiger partial charge < -0.3 is 28.9 Å². The minimum absolute atomic E-state index is 0.0323. The first-order valence-electron chi connectivity index (χ1n) is 11.8. The molecule has 13 nitrogen and oxygen atoms in total. The maximum atomic E-state index is 13.6. The lowest BCUT2D eigenvalue weighted by atomic mass is 9.95. The summed E-state index contributed by atoms with van der Waals surface area (Å²) in [7, 11) is 0. The Morgan fingerprint density at radius 3 is 2.62 bits per heavy atom. The van der Waals surface area contributed by atoms with Crippen molar-refractivity contribution in [3.05, 3.63) is 12.3 Å². The third-order valence-electron chi connectivity index (χ3n) is 5.38. The number of nitrogens with one attached hydrogen (secondary N) is 1. The van der Waals surface area contributed by atoms with Crippen LogP contribution in [-0.4, -0.2) is 93.9 Å². The topological polar surface area (TPSA) is 178 Å². The number of nitrogens with zero attached hydrogens (tertiary/aromatic N) is 1. The molecule has 210 valence electrons. The largest absolute Gasteiger partial charge is 0.466 e. The van der Waals surface area contributed by atoms with E-state index in [0.29, 0.717) is 0 Å². The van der Waals surface area contributed by atoms with Crippen LogP contribution in [0, 0.1) is 0 Å². The van der Waals surface area contributed by atoms with Crippen LogP contribution in [-0.2, 0) is 42.5 Å². The number of esters is 2. The molecule has 6 atom stereocenters. The molecule has 2 heterocycles. The van der Waals surface area contributed by atoms with Gasteiger partial charge in [0.05, 0.1) is 32.2 Å². The summed E-state index contributed by atoms with van der Waals surface area (Å²) in [5.41, 5.74) is -1.95. The van der Waals surface area contributed by atoms with Gasteiger partial charge in [-0.05, 0) is 40.7 Å². The predicted molar refractivity (Wildman–Crippen MR) is 132 cm³/mol. The van der Waals surface area contributed by atoms with Crippen LogP contribution in [0.2, 0.25) is 0 Å². The van der Waals surface area contributed by atoms with Gasteiger partial charge in [0, 0.05) is 12.0 Å². The van der Waals surface area contributed by atoms with Gasteiger partial charge in [0.15, 0.2) is 12.0 Å². The summed E-state index contributed by atoms with van der Waals surface area (Å²) >= 11 is 0.757. The van der Waals surface area contributed by atoms with E-state index in [0.717, 1.165) is 22.4 Å². The van der Waals surface area contributed by atoms with Crippen LogP contribution in [0.5, 0.6) is 0 Å². The van der Waals surface area contributed by atoms with E-state index in [1.54, 1.807) is 20.8 Å². The average Bonchev–Trinajstić information content (AvgIpc) is 3.01. The minimum atomic E-state index is -3.89. The summed E-state index contributed by atoms with van der Waals surface area (Å²) in [4.78, 5) is 48.8. The Hall–Kier alpha value is -1.80. The second-order valence-corrected chi connectivity index (χ2v) is 13.4. The van der Waals surface area contributed by atoms with E-state index in [9.17, 15) is 34.0 Å². The van der Waals surface area contributed by atoms with E-state index >= 15 is 0 Å². The molecule has 0 spiro atoms. The molecule has 0 bridgehead atoms. The number of ether oxygens (including phenoxy) is 3. The fourth-order valence-electron chi connectivity index (χ4n) is 3.52. The highest BCUT2D eigenvalue weighted by molar-refractivity contribution is 8.56. The second-order valence-electron chi connectivity index (χ2n) is 8.98. The van der Waals surface area contributed by atoms with Crippen molar-refractivity contribution in [3.63, 3.8) is 0 Å². The molecule has 0 aromatic carbocycles. The molecule has 2 rings (SSSR count). The predicted octanol–water partition coefficient (Wildman–Crippen LogP) is 0.879. The summed E-state index contributed by atoms with van der Waals surface area (Å²) in [6, 6.07) is -1.04. The van der Waals surface area contributed by atoms with E-state index in [4.69, 9.17) is 18.7 Å². The molecule has 0 saturated carbocycles. The third kappa shape index (κ3) is 8.60. The summed E-state index contributed by atoms with van der Waals surface area (Å²) < 4.78 is 34.9. The van der Waals surface area contributed by atoms with E-state index in [2.05, 4.69) is 5.09 Å². The molecule has 2 aliphatic rings. The molecule has 0 unspecified atom stereocenters. The SMILES string of the molecule is CCOC(=O)CCS[P@](=O)(N[C@H](C)C(=O)OC(C)C)OC[C@H]1O[C@@H](N2C=CC(=O)CC2=O)[C@](C)(O)[C@@H]1O. The van der Waals surface area contributed by atoms with Crippen LogP contribution >= 0.6 is 18.1 Å². The number of aliphatic hydroxyl groups is 2. The maximum absolute atomic E-state index is 13.6. The molecule has 0 radical (unpaired) electrons. The van der Waals surface area contributed by atoms with Crippen molar-refractivity contribution in [2.24, 2.45) is 0 Å². The Morgan fingerprint density at radius 1 is 1.35 bits per heavy atom. The molecule has 0 aromatic rings. The van der Waals surface area contributed by atoms with Gasteiger partial charge >= 0.3 is 18.7 Å². The second kappa shape index (κ2) is 13.3. The first-order valence-corrected chi connectivity index (χ1v) is 15.0. The smallest absolute Gasteiger partial charge is 0.327 e. The monoisotopic (exact) mass is 566 g/mol. The van der Waals surface area contributed by atoms with Gasteiger partial charge in [-0.3, -0.25) is 28.6 Å². The fraction of sp³-hybridized carbons (Fsp3) is 0.727. The first-order chi connectivity index (χ1) is 17.2. The molecule has 0 aromatic heterocycles. The van der Waals surface area contributed by atoms with Gasteiger partial charge in [-0.15, -0.1) is 0 Å². The third-order valence-corrected chi connectivity index (χ3v) is 9.50. The average molecular weight is 567 g/mol. The molecule has 1 fully saturated rings. The van der Waals surface area contributed by atoms with Gasteiger partial charge in [0.2, 0.25) is 5.91 Å². The summed E-state index contributed by atoms with van der Waals surface area (Å²) in [6.07, 6.45) is -2.68. The van der Waals surface area contributed by atoms with Crippen molar-refractivity contribution < 1.29 is 52.7 Å². The van der Waals surface area contributed by atoms with Crippen LogP contribution in [0.3, 0.4) is 0 Å². The fourth-order valence-corrected chi connectivity index (χ4v) is 7.27. The number of carbonyl (C=O) groups is 4. The van der Waals surface area contributed by atoms with Gasteiger partial charge in [-0.1, -0.05) is 11.4 Å². The number of rotatable bonds is 13. The zero-order chi connectivity index (χ0) is 28.0. The number of hydrogen-bond donors (Lipinski definition) is 3. The number of amides is 1. The lowest BCUT2D eigenvalue weighted by molar-refractivity contribution is -0.158. The minimum Gasteiger partial charge on any atom is -0.466 e. The molecule has 37 heavy (non-hydrogen) atoms. The standard InChI is InChI=1S/C22H35N2O11PS/c1-6-32-18(27)8-10-37-36(31,23-14(4)20(29)34-13(2)3)33-12-16-19(28)22(5,30)21(35-16)24-9-7-15(25)11-17(24)26/h7,9,13-14,16,19,21,28,30H,6,8,10-12H2,1-5H3,(H,23,31)/t14-,16-,19-,21-,22-,36+/m1/s1. The number of allylic oxidation sites excluding steroid dienone is 1. The summed E-state index contributed by atoms with van der Waals surface area (Å²) in [6.45, 7) is 3.47. The molecule has 1 saturated heterocycles. The molecular formula is C22H35N2O11PS. The maximum Gasteiger partial charge on any atom is 0.327 e. The lowest BCUT2D eigenvalue weighted by Crippen LogP contribution is -2.54. The zero-order valence-corrected chi connectivity index (χ0v) is 23.2. The van der Waals surface area contributed by atoms with E-state index < -0.39 is 79.6 Å². The van der Waals surface area contributed by atoms with Gasteiger partial charge in [-0.25, -0.2) is 5.09 Å². The van der Waals surface area contributed by atoms with Crippen molar-refractivity contribution in [1.29, 1.82) is 0 Å². The van der Waals surface area contributed by atoms with Crippen LogP contribution < -0.4 is 5.09 Å². The van der Waals surface area contributed by atoms with Crippen LogP contribution in [0.15, 0.2) is 12.3 Å². The Bertz CT molecular complexity index is 942. The van der Waals surface area contributed by atoms with Gasteiger partial charge in [0.25, 0.3) is 0 Å². The van der Waals surface area contributed by atoms with E-state index in [-0.39, 0.29) is 18.8 Å². The van der Waals surface area contributed by atoms with Gasteiger partial charge in [0.1, 0.15) is 23.9 Å². The van der Waals surface area contributed by atoms with E-state index in [1.807, 2.05) is 0 Å². The van der Waals surface area contributed by atoms with Crippen LogP contribution in [0.1, 0.15) is 47.5 Å². The van der Waals surface area contributed by atoms with Crippen molar-refractivity contribution in [2.75, 3.05) is 19.0 Å². The van der Waals surface area contributed by atoms with Crippen LogP contribution in [0.25, 0.3) is 0 Å². The van der Waals surface area contributed by atoms with Crippen molar-refractivity contribution in [3.8, 4) is 0 Å². The quantitative estimate of drug-likeness (QED) is 0.163. The molecule has 1 amide bonds.